The normalized spacial score (nSPS) is 13.1. The number of hydrogen-bond acceptors (Lipinski definition) is 8. The molecule has 0 aliphatic rings. The molecule has 0 amide bonds. The minimum absolute atomic E-state index is 0.0921. The lowest BCUT2D eigenvalue weighted by atomic mass is 9.80. The van der Waals surface area contributed by atoms with Crippen molar-refractivity contribution < 1.29 is 36.6 Å². The Kier molecular flexibility index (Phi) is 20.6. The Morgan fingerprint density at radius 2 is 0.607 bits per heavy atom. The third-order valence-electron chi connectivity index (χ3n) is 15.3. The van der Waals surface area contributed by atoms with E-state index in [0.29, 0.717) is 63.5 Å². The molecule has 0 spiro atoms. The molecule has 0 atom stereocenters. The highest BCUT2D eigenvalue weighted by Crippen LogP contribution is 2.55. The van der Waals surface area contributed by atoms with Crippen LogP contribution in [0.4, 0.5) is 0 Å². The lowest BCUT2D eigenvalue weighted by Gasteiger charge is -2.31. The van der Waals surface area contributed by atoms with E-state index in [2.05, 4.69) is 252 Å². The maximum atomic E-state index is 7.59. The smallest absolute Gasteiger partial charge is 0.497 e. The first-order valence-electron chi connectivity index (χ1n) is 30.2. The molecule has 8 nitrogen and oxygen atoms in total. The lowest BCUT2D eigenvalue weighted by Crippen LogP contribution is -2.19. The third-order valence-corrected chi connectivity index (χ3v) is 17.4. The molecule has 84 heavy (non-hydrogen) atoms. The first kappa shape index (κ1) is 67.7. The number of ether oxygens (including phenoxy) is 2. The number of benzene rings is 6. The van der Waals surface area contributed by atoms with Crippen LogP contribution in [0, 0.1) is 0 Å². The minimum Gasteiger partial charge on any atom is -0.497 e. The number of rotatable bonds is 18. The zero-order valence-corrected chi connectivity index (χ0v) is 58.4. The van der Waals surface area contributed by atoms with Crippen LogP contribution >= 0.6 is 17.2 Å². The topological polar surface area (TPSA) is 73.8 Å². The standard InChI is InChI=1S/C74H104O8P2/c1-28-29-30-48-41-54(76-27)47-56(66(48)82-84(80-64-38-33-51(69(8,9)10)44-59(64)73(20,21)22)81-65-39-34-52(70(11,12)13)45-60(65)74(23,24)25)55-46-53(75-26)35-40-61(55)77-83(78-62-36-31-49(67(2,3)4)42-57(62)71(14,15)16)79-63-37-32-50(68(5,6)7)43-58(63)72(17,18)19/h31-47H,28-30H2,1-27H3. The van der Waals surface area contributed by atoms with Gasteiger partial charge in [0.05, 0.1) is 14.2 Å². The van der Waals surface area contributed by atoms with Crippen molar-refractivity contribution >= 4 is 17.2 Å². The van der Waals surface area contributed by atoms with Crippen LogP contribution in [-0.2, 0) is 49.7 Å². The van der Waals surface area contributed by atoms with E-state index >= 15 is 0 Å². The Balaban J connectivity index is 1.65. The second kappa shape index (κ2) is 25.5. The molecule has 0 fully saturated rings. The van der Waals surface area contributed by atoms with E-state index in [0.717, 1.165) is 40.7 Å². The first-order chi connectivity index (χ1) is 38.5. The van der Waals surface area contributed by atoms with Gasteiger partial charge in [-0.3, -0.25) is 0 Å². The van der Waals surface area contributed by atoms with Crippen molar-refractivity contribution in [1.29, 1.82) is 0 Å². The number of hydrogen-bond donors (Lipinski definition) is 0. The van der Waals surface area contributed by atoms with Crippen LogP contribution in [-0.4, -0.2) is 14.2 Å². The first-order valence-corrected chi connectivity index (χ1v) is 32.4. The Morgan fingerprint density at radius 3 is 0.905 bits per heavy atom. The predicted molar refractivity (Wildman–Crippen MR) is 357 cm³/mol. The molecular formula is C74H104O8P2. The van der Waals surface area contributed by atoms with Crippen molar-refractivity contribution in [2.45, 2.75) is 236 Å². The van der Waals surface area contributed by atoms with Crippen molar-refractivity contribution in [1.82, 2.24) is 0 Å². The van der Waals surface area contributed by atoms with Gasteiger partial charge >= 0.3 is 17.2 Å². The highest BCUT2D eigenvalue weighted by molar-refractivity contribution is 7.43. The fourth-order valence-corrected chi connectivity index (χ4v) is 12.0. The molecule has 458 valence electrons. The van der Waals surface area contributed by atoms with Crippen LogP contribution in [0.3, 0.4) is 0 Å². The molecule has 0 aliphatic heterocycles. The van der Waals surface area contributed by atoms with Gasteiger partial charge in [0.15, 0.2) is 0 Å². The van der Waals surface area contributed by atoms with Crippen molar-refractivity contribution in [2.75, 3.05) is 14.2 Å². The number of aryl methyl sites for hydroxylation is 1. The third kappa shape index (κ3) is 17.2. The summed E-state index contributed by atoms with van der Waals surface area (Å²) in [5.74, 6) is 5.08. The van der Waals surface area contributed by atoms with Crippen LogP contribution in [0.5, 0.6) is 46.0 Å². The van der Waals surface area contributed by atoms with Gasteiger partial charge in [0.2, 0.25) is 0 Å². The summed E-state index contributed by atoms with van der Waals surface area (Å²) in [5.41, 5.74) is 9.80. The summed E-state index contributed by atoms with van der Waals surface area (Å²) >= 11 is 0. The molecule has 0 saturated heterocycles. The van der Waals surface area contributed by atoms with Gasteiger partial charge in [0.1, 0.15) is 46.0 Å². The van der Waals surface area contributed by atoms with Gasteiger partial charge < -0.3 is 36.6 Å². The highest BCUT2D eigenvalue weighted by Gasteiger charge is 2.36. The van der Waals surface area contributed by atoms with Crippen LogP contribution in [0.1, 0.15) is 236 Å². The van der Waals surface area contributed by atoms with E-state index in [1.54, 1.807) is 14.2 Å². The van der Waals surface area contributed by atoms with Crippen LogP contribution in [0.15, 0.2) is 103 Å². The van der Waals surface area contributed by atoms with Crippen molar-refractivity contribution in [3.8, 4) is 57.1 Å². The van der Waals surface area contributed by atoms with Crippen molar-refractivity contribution in [3.63, 3.8) is 0 Å². The molecule has 0 bridgehead atoms. The van der Waals surface area contributed by atoms with Crippen LogP contribution < -0.4 is 36.6 Å². The van der Waals surface area contributed by atoms with Crippen molar-refractivity contribution in [2.24, 2.45) is 0 Å². The summed E-state index contributed by atoms with van der Waals surface area (Å²) in [6, 6.07) is 36.0. The fourth-order valence-electron chi connectivity index (χ4n) is 9.80. The Labute approximate surface area is 511 Å². The molecule has 6 aromatic rings. The number of methoxy groups -OCH3 is 2. The van der Waals surface area contributed by atoms with E-state index in [4.69, 9.17) is 36.6 Å². The molecule has 0 unspecified atom stereocenters. The highest BCUT2D eigenvalue weighted by atomic mass is 31.2. The minimum atomic E-state index is -2.26. The SMILES string of the molecule is CCCCc1cc(OC)cc(-c2cc(OC)ccc2OP(Oc2ccc(C(C)(C)C)cc2C(C)(C)C)Oc2ccc(C(C)(C)C)cc2C(C)(C)C)c1OP(Oc1ccc(C(C)(C)C)cc1C(C)(C)C)Oc1ccc(C(C)(C)C)cc1C(C)(C)C. The quantitative estimate of drug-likeness (QED) is 0.0788. The summed E-state index contributed by atoms with van der Waals surface area (Å²) in [4.78, 5) is 0. The Bertz CT molecular complexity index is 3070. The molecule has 0 radical (unpaired) electrons. The molecule has 6 rings (SSSR count). The Morgan fingerprint density at radius 1 is 0.310 bits per heavy atom. The second-order valence-corrected chi connectivity index (χ2v) is 33.0. The fraction of sp³-hybridized carbons (Fsp3) is 0.514. The predicted octanol–water partition coefficient (Wildman–Crippen LogP) is 22.6. The van der Waals surface area contributed by atoms with Crippen LogP contribution in [0.25, 0.3) is 11.1 Å². The monoisotopic (exact) mass is 1180 g/mol. The van der Waals surface area contributed by atoms with Gasteiger partial charge in [0.25, 0.3) is 0 Å². The molecule has 0 aliphatic carbocycles. The number of unbranched alkanes of at least 4 members (excludes halogenated alkanes) is 1. The summed E-state index contributed by atoms with van der Waals surface area (Å²) < 4.78 is 56.4. The molecular weight excluding hydrogens is 1080 g/mol. The summed E-state index contributed by atoms with van der Waals surface area (Å²) in [5, 5.41) is 0. The lowest BCUT2D eigenvalue weighted by molar-refractivity contribution is 0.371. The summed E-state index contributed by atoms with van der Waals surface area (Å²) in [6.45, 7) is 55.7. The van der Waals surface area contributed by atoms with Gasteiger partial charge in [-0.2, -0.15) is 0 Å². The zero-order valence-electron chi connectivity index (χ0n) is 56.6. The maximum Gasteiger partial charge on any atom is 0.530 e. The molecule has 0 heterocycles. The van der Waals surface area contributed by atoms with Gasteiger partial charge in [-0.25, -0.2) is 0 Å². The van der Waals surface area contributed by atoms with Crippen molar-refractivity contribution in [3.05, 3.63) is 153 Å². The second-order valence-electron chi connectivity index (χ2n) is 31.0. The molecule has 0 N–H and O–H groups in total. The molecule has 0 saturated carbocycles. The van der Waals surface area contributed by atoms with Gasteiger partial charge in [-0.1, -0.05) is 228 Å². The van der Waals surface area contributed by atoms with E-state index in [-0.39, 0.29) is 43.3 Å². The maximum absolute atomic E-state index is 7.59. The summed E-state index contributed by atoms with van der Waals surface area (Å²) in [7, 11) is -1.13. The van der Waals surface area contributed by atoms with Gasteiger partial charge in [0, 0.05) is 33.4 Å². The average Bonchev–Trinajstić information content (AvgIpc) is 1.82. The largest absolute Gasteiger partial charge is 0.530 e. The van der Waals surface area contributed by atoms with E-state index in [1.807, 2.05) is 24.3 Å². The summed E-state index contributed by atoms with van der Waals surface area (Å²) in [6.07, 6.45) is 2.51. The average molecular weight is 1180 g/mol. The van der Waals surface area contributed by atoms with Crippen LogP contribution in [0.2, 0.25) is 0 Å². The zero-order chi connectivity index (χ0) is 62.9. The van der Waals surface area contributed by atoms with E-state index in [1.165, 1.54) is 22.3 Å². The molecule has 0 aromatic heterocycles. The molecule has 10 heteroatoms. The Hall–Kier alpha value is -5.42. The van der Waals surface area contributed by atoms with Gasteiger partial charge in [-0.05, 0) is 139 Å². The molecule has 6 aromatic carbocycles. The van der Waals surface area contributed by atoms with E-state index < -0.39 is 17.2 Å². The van der Waals surface area contributed by atoms with Gasteiger partial charge in [-0.15, -0.1) is 0 Å². The van der Waals surface area contributed by atoms with E-state index in [9.17, 15) is 0 Å².